The van der Waals surface area contributed by atoms with Crippen molar-refractivity contribution in [3.05, 3.63) is 52.6 Å². The molecule has 1 N–H and O–H groups in total. The Kier molecular flexibility index (Phi) is 6.47. The summed E-state index contributed by atoms with van der Waals surface area (Å²) in [7, 11) is 1.33. The zero-order valence-corrected chi connectivity index (χ0v) is 18.8. The van der Waals surface area contributed by atoms with E-state index in [2.05, 4.69) is 30.4 Å². The molecule has 4 aliphatic rings. The van der Waals surface area contributed by atoms with Gasteiger partial charge in [0.2, 0.25) is 12.1 Å². The molecule has 176 valence electrons. The summed E-state index contributed by atoms with van der Waals surface area (Å²) in [6, 6.07) is 6.40. The van der Waals surface area contributed by atoms with Gasteiger partial charge in [0.25, 0.3) is 0 Å². The standard InChI is InChI=1S/C26H30O7/c1-30-26-24(29)22(27)23(28)25(33-26)17-6-7-20(19-13-31-14-19)18(12-17)11-15-5-8-21-16(10-15)4-2-3-9-32-21/h5,7-8,10,12,17,19,22,25-27H,2-4,6,9,11,13-14H2,1H3/t17?,22-,25+,26+/m1/s1. The molecule has 1 aliphatic carbocycles. The smallest absolute Gasteiger partial charge is 0.224 e. The van der Waals surface area contributed by atoms with Gasteiger partial charge >= 0.3 is 0 Å². The van der Waals surface area contributed by atoms with Gasteiger partial charge in [0.15, 0.2) is 11.9 Å². The topological polar surface area (TPSA) is 91.3 Å². The molecule has 1 aromatic rings. The molecule has 2 fully saturated rings. The molecule has 3 aliphatic heterocycles. The Bertz CT molecular complexity index is 990. The zero-order valence-electron chi connectivity index (χ0n) is 18.8. The molecule has 0 amide bonds. The molecule has 0 radical (unpaired) electrons. The van der Waals surface area contributed by atoms with Gasteiger partial charge in [0.1, 0.15) is 11.9 Å². The lowest BCUT2D eigenvalue weighted by molar-refractivity contribution is -0.205. The summed E-state index contributed by atoms with van der Waals surface area (Å²) in [5, 5.41) is 10.1. The number of aliphatic hydroxyl groups is 1. The second-order valence-corrected chi connectivity index (χ2v) is 9.24. The molecule has 7 nitrogen and oxygen atoms in total. The molecule has 3 heterocycles. The molecule has 33 heavy (non-hydrogen) atoms. The van der Waals surface area contributed by atoms with Crippen LogP contribution in [0.2, 0.25) is 0 Å². The molecule has 1 unspecified atom stereocenters. The average Bonchev–Trinajstić information content (AvgIpc) is 3.03. The minimum absolute atomic E-state index is 0.276. The SMILES string of the molecule is CO[C@H]1O[C@@H](C2C=C(Cc3ccc4c(c3)CCCCO4)C(C3COC3)=CC2)C(=O)[C@@H](O)C1=O. The van der Waals surface area contributed by atoms with Gasteiger partial charge in [0, 0.05) is 18.9 Å². The molecule has 0 spiro atoms. The van der Waals surface area contributed by atoms with Crippen LogP contribution in [0.3, 0.4) is 0 Å². The van der Waals surface area contributed by atoms with E-state index in [1.807, 2.05) is 0 Å². The largest absolute Gasteiger partial charge is 0.493 e. The number of carbonyl (C=O) groups is 2. The maximum absolute atomic E-state index is 12.7. The van der Waals surface area contributed by atoms with Crippen molar-refractivity contribution in [2.24, 2.45) is 11.8 Å². The molecule has 0 bridgehead atoms. The number of ketones is 2. The Labute approximate surface area is 193 Å². The van der Waals surface area contributed by atoms with Crippen molar-refractivity contribution >= 4 is 11.6 Å². The van der Waals surface area contributed by atoms with Crippen LogP contribution in [-0.4, -0.2) is 62.1 Å². The van der Waals surface area contributed by atoms with Crippen LogP contribution in [0.1, 0.15) is 30.4 Å². The third-order valence-corrected chi connectivity index (χ3v) is 7.02. The maximum Gasteiger partial charge on any atom is 0.224 e. The van der Waals surface area contributed by atoms with E-state index in [0.717, 1.165) is 43.6 Å². The summed E-state index contributed by atoms with van der Waals surface area (Å²) in [5.41, 5.74) is 4.83. The highest BCUT2D eigenvalue weighted by Crippen LogP contribution is 2.37. The summed E-state index contributed by atoms with van der Waals surface area (Å²) in [4.78, 5) is 24.8. The first-order valence-electron chi connectivity index (χ1n) is 11.7. The van der Waals surface area contributed by atoms with Gasteiger partial charge in [-0.25, -0.2) is 0 Å². The fourth-order valence-electron chi connectivity index (χ4n) is 5.11. The quantitative estimate of drug-likeness (QED) is 0.683. The predicted molar refractivity (Wildman–Crippen MR) is 119 cm³/mol. The molecule has 0 saturated carbocycles. The normalized spacial score (nSPS) is 30.5. The summed E-state index contributed by atoms with van der Waals surface area (Å²) in [5.74, 6) is -0.292. The Morgan fingerprint density at radius 3 is 2.76 bits per heavy atom. The van der Waals surface area contributed by atoms with Gasteiger partial charge in [-0.15, -0.1) is 0 Å². The van der Waals surface area contributed by atoms with Gasteiger partial charge in [-0.2, -0.15) is 0 Å². The third-order valence-electron chi connectivity index (χ3n) is 7.02. The number of ether oxygens (including phenoxy) is 4. The number of aliphatic hydroxyl groups excluding tert-OH is 1. The zero-order chi connectivity index (χ0) is 22.9. The summed E-state index contributed by atoms with van der Waals surface area (Å²) in [6.07, 6.45) is 4.92. The van der Waals surface area contributed by atoms with Crippen molar-refractivity contribution in [2.75, 3.05) is 26.9 Å². The highest BCUT2D eigenvalue weighted by Gasteiger charge is 2.46. The van der Waals surface area contributed by atoms with E-state index in [-0.39, 0.29) is 5.92 Å². The Hall–Kier alpha value is -2.32. The van der Waals surface area contributed by atoms with Crippen LogP contribution in [0.15, 0.2) is 41.5 Å². The van der Waals surface area contributed by atoms with Gasteiger partial charge < -0.3 is 24.1 Å². The molecule has 1 aromatic carbocycles. The summed E-state index contributed by atoms with van der Waals surface area (Å²) >= 11 is 0. The maximum atomic E-state index is 12.7. The molecule has 7 heteroatoms. The van der Waals surface area contributed by atoms with E-state index in [1.165, 1.54) is 23.8 Å². The van der Waals surface area contributed by atoms with Crippen molar-refractivity contribution in [1.29, 1.82) is 0 Å². The lowest BCUT2D eigenvalue weighted by Crippen LogP contribution is -2.55. The Balaban J connectivity index is 1.41. The Morgan fingerprint density at radius 1 is 1.15 bits per heavy atom. The third kappa shape index (κ3) is 4.43. The number of methoxy groups -OCH3 is 1. The fraction of sp³-hybridized carbons (Fsp3) is 0.538. The molecule has 0 aromatic heterocycles. The van der Waals surface area contributed by atoms with E-state index in [4.69, 9.17) is 18.9 Å². The number of carbonyl (C=O) groups excluding carboxylic acids is 2. The molecule has 4 atom stereocenters. The lowest BCUT2D eigenvalue weighted by atomic mass is 9.77. The van der Waals surface area contributed by atoms with E-state index in [0.29, 0.717) is 25.6 Å². The fourth-order valence-corrected chi connectivity index (χ4v) is 5.11. The van der Waals surface area contributed by atoms with Gasteiger partial charge in [-0.1, -0.05) is 24.3 Å². The highest BCUT2D eigenvalue weighted by molar-refractivity contribution is 6.10. The number of fused-ring (bicyclic) bond motifs is 1. The second-order valence-electron chi connectivity index (χ2n) is 9.24. The average molecular weight is 455 g/mol. The number of hydrogen-bond acceptors (Lipinski definition) is 7. The van der Waals surface area contributed by atoms with Crippen LogP contribution in [0.5, 0.6) is 5.75 Å². The Morgan fingerprint density at radius 2 is 2.00 bits per heavy atom. The van der Waals surface area contributed by atoms with E-state index in [1.54, 1.807) is 0 Å². The summed E-state index contributed by atoms with van der Waals surface area (Å²) in [6.45, 7) is 2.16. The first kappa shape index (κ1) is 22.5. The van der Waals surface area contributed by atoms with Crippen LogP contribution < -0.4 is 4.74 Å². The van der Waals surface area contributed by atoms with Gasteiger partial charge in [-0.05, 0) is 60.4 Å². The van der Waals surface area contributed by atoms with E-state index in [9.17, 15) is 14.7 Å². The van der Waals surface area contributed by atoms with Crippen molar-refractivity contribution in [2.45, 2.75) is 50.6 Å². The lowest BCUT2D eigenvalue weighted by Gasteiger charge is -2.37. The number of hydrogen-bond donors (Lipinski definition) is 1. The van der Waals surface area contributed by atoms with E-state index < -0.39 is 30.1 Å². The van der Waals surface area contributed by atoms with Crippen molar-refractivity contribution in [3.63, 3.8) is 0 Å². The highest BCUT2D eigenvalue weighted by atomic mass is 16.7. The summed E-state index contributed by atoms with van der Waals surface area (Å²) < 4.78 is 22.1. The van der Waals surface area contributed by atoms with Crippen molar-refractivity contribution in [3.8, 4) is 5.75 Å². The molecular formula is C26H30O7. The first-order chi connectivity index (χ1) is 16.0. The van der Waals surface area contributed by atoms with Crippen molar-refractivity contribution < 1.29 is 33.6 Å². The van der Waals surface area contributed by atoms with Crippen molar-refractivity contribution in [1.82, 2.24) is 0 Å². The number of aryl methyl sites for hydroxylation is 1. The van der Waals surface area contributed by atoms with E-state index >= 15 is 0 Å². The van der Waals surface area contributed by atoms with Crippen LogP contribution in [0.4, 0.5) is 0 Å². The number of benzene rings is 1. The van der Waals surface area contributed by atoms with Crippen LogP contribution >= 0.6 is 0 Å². The number of rotatable bonds is 5. The molecule has 2 saturated heterocycles. The monoisotopic (exact) mass is 454 g/mol. The second kappa shape index (κ2) is 9.50. The minimum atomic E-state index is -1.71. The van der Waals surface area contributed by atoms with Crippen LogP contribution in [-0.2, 0) is 36.6 Å². The predicted octanol–water partition coefficient (Wildman–Crippen LogP) is 2.33. The van der Waals surface area contributed by atoms with Gasteiger partial charge in [0.05, 0.1) is 19.8 Å². The van der Waals surface area contributed by atoms with Gasteiger partial charge in [-0.3, -0.25) is 9.59 Å². The first-order valence-corrected chi connectivity index (χ1v) is 11.7. The minimum Gasteiger partial charge on any atom is -0.493 e. The number of allylic oxidation sites excluding steroid dienone is 2. The van der Waals surface area contributed by atoms with Crippen LogP contribution in [0.25, 0.3) is 0 Å². The van der Waals surface area contributed by atoms with Crippen LogP contribution in [0, 0.1) is 11.8 Å². The molecular weight excluding hydrogens is 424 g/mol. The number of Topliss-reactive ketones (excluding diaryl/α,β-unsaturated/α-hetero) is 2. The molecule has 5 rings (SSSR count).